The molecule has 1 aliphatic heterocycles. The summed E-state index contributed by atoms with van der Waals surface area (Å²) >= 11 is 0. The van der Waals surface area contributed by atoms with Crippen LogP contribution in [-0.4, -0.2) is 33.8 Å². The zero-order valence-electron chi connectivity index (χ0n) is 18.1. The van der Waals surface area contributed by atoms with Crippen LogP contribution in [0.15, 0.2) is 88.7 Å². The van der Waals surface area contributed by atoms with Crippen molar-refractivity contribution in [2.75, 3.05) is 7.11 Å². The lowest BCUT2D eigenvalue weighted by atomic mass is 9.98. The molecule has 1 unspecified atom stereocenters. The summed E-state index contributed by atoms with van der Waals surface area (Å²) in [6.45, 7) is 0.0369. The molecule has 170 valence electrons. The van der Waals surface area contributed by atoms with Crippen LogP contribution in [0.4, 0.5) is 4.39 Å². The summed E-state index contributed by atoms with van der Waals surface area (Å²) in [5.41, 5.74) is 1.28. The Hall–Kier alpha value is -4.46. The number of pyridine rings is 1. The van der Waals surface area contributed by atoms with Crippen molar-refractivity contribution in [2.45, 2.75) is 12.6 Å². The van der Waals surface area contributed by atoms with Crippen molar-refractivity contribution in [1.29, 1.82) is 0 Å². The minimum Gasteiger partial charge on any atom is -0.503 e. The summed E-state index contributed by atoms with van der Waals surface area (Å²) in [5.74, 6) is -2.03. The highest BCUT2D eigenvalue weighted by Gasteiger charge is 2.45. The summed E-state index contributed by atoms with van der Waals surface area (Å²) in [4.78, 5) is 32.3. The highest BCUT2D eigenvalue weighted by Crippen LogP contribution is 2.40. The van der Waals surface area contributed by atoms with Gasteiger partial charge in [-0.1, -0.05) is 30.3 Å². The Morgan fingerprint density at radius 2 is 1.94 bits per heavy atom. The number of furan rings is 1. The van der Waals surface area contributed by atoms with E-state index < -0.39 is 29.3 Å². The average molecular weight is 458 g/mol. The van der Waals surface area contributed by atoms with Crippen LogP contribution in [0.2, 0.25) is 0 Å². The minimum atomic E-state index is -0.957. The molecule has 0 saturated heterocycles. The second-order valence-corrected chi connectivity index (χ2v) is 7.80. The number of aliphatic hydroxyl groups excluding tert-OH is 1. The number of benzene rings is 2. The summed E-state index contributed by atoms with van der Waals surface area (Å²) in [5, 5.41) is 11.4. The predicted molar refractivity (Wildman–Crippen MR) is 121 cm³/mol. The monoisotopic (exact) mass is 458 g/mol. The number of aliphatic hydroxyl groups is 1. The van der Waals surface area contributed by atoms with Gasteiger partial charge >= 0.3 is 0 Å². The topological polar surface area (TPSA) is 92.9 Å². The minimum absolute atomic E-state index is 0.0369. The van der Waals surface area contributed by atoms with Crippen LogP contribution < -0.4 is 4.74 Å². The summed E-state index contributed by atoms with van der Waals surface area (Å²) < 4.78 is 24.5. The van der Waals surface area contributed by atoms with Crippen LogP contribution in [0.1, 0.15) is 27.9 Å². The van der Waals surface area contributed by atoms with Crippen molar-refractivity contribution in [3.05, 3.63) is 107 Å². The maximum Gasteiger partial charge on any atom is 0.290 e. The first-order valence-electron chi connectivity index (χ1n) is 10.5. The van der Waals surface area contributed by atoms with Gasteiger partial charge in [0, 0.05) is 18.1 Å². The van der Waals surface area contributed by atoms with Crippen molar-refractivity contribution in [3.8, 4) is 5.75 Å². The summed E-state index contributed by atoms with van der Waals surface area (Å²) in [7, 11) is 1.49. The predicted octanol–water partition coefficient (Wildman–Crippen LogP) is 4.75. The number of Topliss-reactive ketones (excluding diaryl/α,β-unsaturated/α-hetero) is 1. The number of carbonyl (C=O) groups is 2. The zero-order valence-corrected chi connectivity index (χ0v) is 18.1. The van der Waals surface area contributed by atoms with Gasteiger partial charge in [-0.2, -0.15) is 0 Å². The van der Waals surface area contributed by atoms with Gasteiger partial charge in [0.1, 0.15) is 11.9 Å². The van der Waals surface area contributed by atoms with Gasteiger partial charge in [-0.15, -0.1) is 0 Å². The summed E-state index contributed by atoms with van der Waals surface area (Å²) in [6.07, 6.45) is 1.54. The van der Waals surface area contributed by atoms with Gasteiger partial charge < -0.3 is 19.2 Å². The number of halogens is 1. The molecule has 4 aromatic rings. The van der Waals surface area contributed by atoms with Crippen LogP contribution in [-0.2, 0) is 11.3 Å². The summed E-state index contributed by atoms with van der Waals surface area (Å²) in [6, 6.07) is 16.6. The van der Waals surface area contributed by atoms with Gasteiger partial charge in [0.15, 0.2) is 22.9 Å². The van der Waals surface area contributed by atoms with Gasteiger partial charge in [-0.05, 0) is 42.0 Å². The molecule has 1 atom stereocenters. The molecule has 3 heterocycles. The molecule has 5 rings (SSSR count). The number of hydrogen-bond acceptors (Lipinski definition) is 6. The number of ketones is 1. The molecule has 0 aliphatic carbocycles. The lowest BCUT2D eigenvalue weighted by molar-refractivity contribution is -0.130. The largest absolute Gasteiger partial charge is 0.503 e. The molecular formula is C26H19FN2O5. The number of nitrogens with zero attached hydrogens (tertiary/aromatic N) is 2. The van der Waals surface area contributed by atoms with Crippen molar-refractivity contribution in [2.24, 2.45) is 0 Å². The van der Waals surface area contributed by atoms with Gasteiger partial charge in [0.05, 0.1) is 18.4 Å². The lowest BCUT2D eigenvalue weighted by Gasteiger charge is -2.26. The van der Waals surface area contributed by atoms with Crippen LogP contribution in [0.25, 0.3) is 11.0 Å². The van der Waals surface area contributed by atoms with Crippen molar-refractivity contribution in [1.82, 2.24) is 9.88 Å². The number of amides is 1. The molecule has 8 heteroatoms. The number of hydrogen-bond donors (Lipinski definition) is 1. The third-order valence-electron chi connectivity index (χ3n) is 5.73. The number of fused-ring (bicyclic) bond motifs is 1. The molecule has 0 fully saturated rings. The number of rotatable bonds is 6. The van der Waals surface area contributed by atoms with Crippen LogP contribution in [0.3, 0.4) is 0 Å². The first-order chi connectivity index (χ1) is 16.5. The fourth-order valence-corrected chi connectivity index (χ4v) is 4.12. The van der Waals surface area contributed by atoms with E-state index in [1.165, 1.54) is 24.1 Å². The first kappa shape index (κ1) is 21.4. The molecule has 0 spiro atoms. The normalized spacial score (nSPS) is 15.9. The van der Waals surface area contributed by atoms with E-state index >= 15 is 0 Å². The standard InChI is InChI=1S/C26H19FN2O5/c1-33-19-7-4-5-16-13-20(34-25(16)19)23(30)21-22(18-6-2-3-12-28-18)29(26(32)24(21)31)14-15-8-10-17(27)11-9-15/h2-13,22,31H,14H2,1H3. The number of para-hydroxylation sites is 1. The Bertz CT molecular complexity index is 1430. The second kappa shape index (κ2) is 8.47. The zero-order chi connectivity index (χ0) is 23.8. The first-order valence-corrected chi connectivity index (χ1v) is 10.5. The van der Waals surface area contributed by atoms with E-state index in [9.17, 15) is 19.1 Å². The molecule has 0 saturated carbocycles. The van der Waals surface area contributed by atoms with E-state index in [0.29, 0.717) is 28.0 Å². The lowest BCUT2D eigenvalue weighted by Crippen LogP contribution is -2.31. The third kappa shape index (κ3) is 3.59. The van der Waals surface area contributed by atoms with Gasteiger partial charge in [-0.3, -0.25) is 14.6 Å². The van der Waals surface area contributed by atoms with E-state index in [0.717, 1.165) is 0 Å². The number of ether oxygens (including phenoxy) is 1. The van der Waals surface area contributed by atoms with E-state index in [2.05, 4.69) is 4.98 Å². The Labute approximate surface area is 193 Å². The van der Waals surface area contributed by atoms with E-state index in [-0.39, 0.29) is 17.9 Å². The van der Waals surface area contributed by atoms with Crippen molar-refractivity contribution in [3.63, 3.8) is 0 Å². The quantitative estimate of drug-likeness (QED) is 0.419. The molecule has 34 heavy (non-hydrogen) atoms. The van der Waals surface area contributed by atoms with Crippen LogP contribution in [0, 0.1) is 5.82 Å². The number of methoxy groups -OCH3 is 1. The Morgan fingerprint density at radius 1 is 1.15 bits per heavy atom. The average Bonchev–Trinajstić information content (AvgIpc) is 3.40. The van der Waals surface area contributed by atoms with E-state index in [4.69, 9.17) is 9.15 Å². The van der Waals surface area contributed by atoms with Gasteiger partial charge in [-0.25, -0.2) is 4.39 Å². The fourth-order valence-electron chi connectivity index (χ4n) is 4.12. The molecular weight excluding hydrogens is 439 g/mol. The molecule has 0 bridgehead atoms. The SMILES string of the molecule is COc1cccc2cc(C(=O)C3=C(O)C(=O)N(Cc4ccc(F)cc4)C3c3ccccn3)oc12. The van der Waals surface area contributed by atoms with Crippen molar-refractivity contribution < 1.29 is 28.2 Å². The van der Waals surface area contributed by atoms with Gasteiger partial charge in [0.25, 0.3) is 5.91 Å². The second-order valence-electron chi connectivity index (χ2n) is 7.80. The molecule has 7 nitrogen and oxygen atoms in total. The van der Waals surface area contributed by atoms with E-state index in [1.807, 2.05) is 0 Å². The Kier molecular flexibility index (Phi) is 5.33. The third-order valence-corrected chi connectivity index (χ3v) is 5.73. The Morgan fingerprint density at radius 3 is 2.65 bits per heavy atom. The maximum atomic E-state index is 13.6. The molecule has 1 aliphatic rings. The van der Waals surface area contributed by atoms with Crippen LogP contribution in [0.5, 0.6) is 5.75 Å². The number of aromatic nitrogens is 1. The Balaban J connectivity index is 1.59. The van der Waals surface area contributed by atoms with Crippen LogP contribution >= 0.6 is 0 Å². The van der Waals surface area contributed by atoms with Crippen molar-refractivity contribution >= 4 is 22.7 Å². The fraction of sp³-hybridized carbons (Fsp3) is 0.115. The van der Waals surface area contributed by atoms with Gasteiger partial charge in [0.2, 0.25) is 5.78 Å². The molecule has 2 aromatic heterocycles. The highest BCUT2D eigenvalue weighted by molar-refractivity contribution is 6.16. The van der Waals surface area contributed by atoms with E-state index in [1.54, 1.807) is 60.8 Å². The highest BCUT2D eigenvalue weighted by atomic mass is 19.1. The smallest absolute Gasteiger partial charge is 0.290 e. The maximum absolute atomic E-state index is 13.6. The molecule has 1 amide bonds. The molecule has 0 radical (unpaired) electrons. The number of carbonyl (C=O) groups excluding carboxylic acids is 2. The molecule has 1 N–H and O–H groups in total. The molecule has 2 aromatic carbocycles.